The topological polar surface area (TPSA) is 43.8 Å². The van der Waals surface area contributed by atoms with Gasteiger partial charge in [-0.3, -0.25) is 0 Å². The number of benzene rings is 1. The lowest BCUT2D eigenvalue weighted by Gasteiger charge is -2.06. The molecule has 0 bridgehead atoms. The van der Waals surface area contributed by atoms with Gasteiger partial charge in [0.05, 0.1) is 16.9 Å². The summed E-state index contributed by atoms with van der Waals surface area (Å²) >= 11 is 5.61. The van der Waals surface area contributed by atoms with Crippen molar-refractivity contribution in [2.45, 2.75) is 0 Å². The predicted molar refractivity (Wildman–Crippen MR) is 52.9 cm³/mol. The second-order valence-corrected chi connectivity index (χ2v) is 3.34. The van der Waals surface area contributed by atoms with Gasteiger partial charge < -0.3 is 5.73 Å². The Kier molecular flexibility index (Phi) is 2.32. The summed E-state index contributed by atoms with van der Waals surface area (Å²) in [5.74, 6) is -2.03. The molecule has 1 aromatic heterocycles. The number of halogens is 3. The number of rotatable bonds is 1. The molecule has 0 aliphatic carbocycles. The molecule has 0 unspecified atom stereocenters. The Morgan fingerprint density at radius 2 is 2.07 bits per heavy atom. The van der Waals surface area contributed by atoms with E-state index in [0.717, 1.165) is 10.7 Å². The fraction of sp³-hybridized carbons (Fsp3) is 0. The number of aromatic nitrogens is 2. The van der Waals surface area contributed by atoms with Gasteiger partial charge in [0, 0.05) is 6.20 Å². The van der Waals surface area contributed by atoms with E-state index in [0.29, 0.717) is 5.02 Å². The largest absolute Gasteiger partial charge is 0.397 e. The summed E-state index contributed by atoms with van der Waals surface area (Å²) in [6, 6.07) is 2.22. The van der Waals surface area contributed by atoms with E-state index in [1.54, 1.807) is 0 Å². The molecule has 78 valence electrons. The molecule has 6 heteroatoms. The van der Waals surface area contributed by atoms with Crippen molar-refractivity contribution in [3.63, 3.8) is 0 Å². The Morgan fingerprint density at radius 3 is 2.67 bits per heavy atom. The number of hydrogen-bond donors (Lipinski definition) is 1. The van der Waals surface area contributed by atoms with Gasteiger partial charge in [-0.05, 0) is 12.1 Å². The Labute approximate surface area is 89.1 Å². The van der Waals surface area contributed by atoms with Gasteiger partial charge in [0.25, 0.3) is 0 Å². The van der Waals surface area contributed by atoms with E-state index in [1.807, 2.05) is 0 Å². The summed E-state index contributed by atoms with van der Waals surface area (Å²) in [4.78, 5) is 0. The van der Waals surface area contributed by atoms with Crippen LogP contribution in [0.4, 0.5) is 14.5 Å². The highest BCUT2D eigenvalue weighted by Crippen LogP contribution is 2.23. The Morgan fingerprint density at radius 1 is 1.33 bits per heavy atom. The van der Waals surface area contributed by atoms with Crippen LogP contribution in [0.15, 0.2) is 24.5 Å². The lowest BCUT2D eigenvalue weighted by Crippen LogP contribution is -2.05. The fourth-order valence-corrected chi connectivity index (χ4v) is 1.35. The van der Waals surface area contributed by atoms with E-state index in [1.165, 1.54) is 18.5 Å². The van der Waals surface area contributed by atoms with Crippen LogP contribution in [0.1, 0.15) is 0 Å². The van der Waals surface area contributed by atoms with Crippen LogP contribution in [-0.2, 0) is 0 Å². The number of nitrogen functional groups attached to an aromatic ring is 1. The molecular weight excluding hydrogens is 224 g/mol. The zero-order valence-electron chi connectivity index (χ0n) is 7.42. The van der Waals surface area contributed by atoms with Gasteiger partial charge in [0.1, 0.15) is 5.69 Å². The van der Waals surface area contributed by atoms with Crippen LogP contribution in [0.3, 0.4) is 0 Å². The van der Waals surface area contributed by atoms with Crippen molar-refractivity contribution in [3.8, 4) is 5.69 Å². The average Bonchev–Trinajstić information content (AvgIpc) is 2.59. The van der Waals surface area contributed by atoms with Gasteiger partial charge >= 0.3 is 0 Å². The molecule has 0 saturated heterocycles. The van der Waals surface area contributed by atoms with Crippen LogP contribution in [0.25, 0.3) is 5.69 Å². The smallest absolute Gasteiger partial charge is 0.186 e. The summed E-state index contributed by atoms with van der Waals surface area (Å²) in [5, 5.41) is 4.06. The Bertz CT molecular complexity index is 510. The van der Waals surface area contributed by atoms with E-state index >= 15 is 0 Å². The fourth-order valence-electron chi connectivity index (χ4n) is 1.21. The Balaban J connectivity index is 2.66. The quantitative estimate of drug-likeness (QED) is 0.763. The first-order chi connectivity index (χ1) is 7.09. The van der Waals surface area contributed by atoms with E-state index in [9.17, 15) is 8.78 Å². The van der Waals surface area contributed by atoms with Crippen molar-refractivity contribution in [2.24, 2.45) is 0 Å². The van der Waals surface area contributed by atoms with Crippen molar-refractivity contribution in [3.05, 3.63) is 41.2 Å². The van der Waals surface area contributed by atoms with Gasteiger partial charge in [-0.1, -0.05) is 11.6 Å². The summed E-state index contributed by atoms with van der Waals surface area (Å²) in [6.07, 6.45) is 2.65. The van der Waals surface area contributed by atoms with Crippen molar-refractivity contribution >= 4 is 17.3 Å². The van der Waals surface area contributed by atoms with Crippen molar-refractivity contribution in [2.75, 3.05) is 5.73 Å². The molecule has 0 aliphatic heterocycles. The highest BCUT2D eigenvalue weighted by molar-refractivity contribution is 6.30. The molecule has 0 aliphatic rings. The maximum absolute atomic E-state index is 13.4. The Hall–Kier alpha value is -1.62. The predicted octanol–water partition coefficient (Wildman–Crippen LogP) is 2.39. The van der Waals surface area contributed by atoms with Gasteiger partial charge in [-0.15, -0.1) is 0 Å². The molecule has 2 aromatic rings. The van der Waals surface area contributed by atoms with E-state index < -0.39 is 11.6 Å². The zero-order chi connectivity index (χ0) is 11.0. The van der Waals surface area contributed by atoms with Crippen molar-refractivity contribution in [1.29, 1.82) is 0 Å². The number of hydrogen-bond acceptors (Lipinski definition) is 2. The van der Waals surface area contributed by atoms with Gasteiger partial charge in [-0.25, -0.2) is 13.5 Å². The van der Waals surface area contributed by atoms with E-state index in [2.05, 4.69) is 5.10 Å². The highest BCUT2D eigenvalue weighted by atomic mass is 35.5. The minimum absolute atomic E-state index is 0.0914. The molecule has 1 heterocycles. The lowest BCUT2D eigenvalue weighted by molar-refractivity contribution is 0.502. The summed E-state index contributed by atoms with van der Waals surface area (Å²) in [7, 11) is 0. The van der Waals surface area contributed by atoms with E-state index in [4.69, 9.17) is 17.3 Å². The minimum atomic E-state index is -1.05. The first-order valence-electron chi connectivity index (χ1n) is 4.03. The van der Waals surface area contributed by atoms with Crippen molar-refractivity contribution < 1.29 is 8.78 Å². The standard InChI is InChI=1S/C9H6ClF2N3/c10-5-3-14-15(4-5)9-7(13)2-1-6(11)8(9)12/h1-4H,13H2. The normalized spacial score (nSPS) is 10.6. The van der Waals surface area contributed by atoms with Gasteiger partial charge in [0.2, 0.25) is 0 Å². The second kappa shape index (κ2) is 3.51. The molecule has 1 aromatic carbocycles. The molecule has 0 radical (unpaired) electrons. The summed E-state index contributed by atoms with van der Waals surface area (Å²) in [5.41, 5.74) is 5.48. The molecule has 0 saturated carbocycles. The van der Waals surface area contributed by atoms with Gasteiger partial charge in [-0.2, -0.15) is 5.10 Å². The molecule has 0 amide bonds. The van der Waals surface area contributed by atoms with E-state index in [-0.39, 0.29) is 11.4 Å². The summed E-state index contributed by atoms with van der Waals surface area (Å²) in [6.45, 7) is 0. The SMILES string of the molecule is Nc1ccc(F)c(F)c1-n1cc(Cl)cn1. The van der Waals surface area contributed by atoms with Crippen molar-refractivity contribution in [1.82, 2.24) is 9.78 Å². The molecule has 3 nitrogen and oxygen atoms in total. The van der Waals surface area contributed by atoms with Crippen LogP contribution in [0.5, 0.6) is 0 Å². The first kappa shape index (κ1) is 9.92. The summed E-state index contributed by atoms with van der Waals surface area (Å²) < 4.78 is 27.4. The minimum Gasteiger partial charge on any atom is -0.397 e. The van der Waals surface area contributed by atoms with Crippen LogP contribution >= 0.6 is 11.6 Å². The lowest BCUT2D eigenvalue weighted by atomic mass is 10.2. The van der Waals surface area contributed by atoms with Crippen LogP contribution in [0.2, 0.25) is 5.02 Å². The third-order valence-electron chi connectivity index (χ3n) is 1.88. The highest BCUT2D eigenvalue weighted by Gasteiger charge is 2.14. The van der Waals surface area contributed by atoms with Gasteiger partial charge in [0.15, 0.2) is 11.6 Å². The molecule has 0 fully saturated rings. The number of anilines is 1. The third kappa shape index (κ3) is 1.66. The molecule has 0 spiro atoms. The monoisotopic (exact) mass is 229 g/mol. The molecule has 0 atom stereocenters. The third-order valence-corrected chi connectivity index (χ3v) is 2.08. The average molecular weight is 230 g/mol. The maximum atomic E-state index is 13.4. The molecule has 2 rings (SSSR count). The molecule has 15 heavy (non-hydrogen) atoms. The number of nitrogens with zero attached hydrogens (tertiary/aromatic N) is 2. The van der Waals surface area contributed by atoms with Crippen LogP contribution < -0.4 is 5.73 Å². The maximum Gasteiger partial charge on any atom is 0.186 e. The second-order valence-electron chi connectivity index (χ2n) is 2.90. The van der Waals surface area contributed by atoms with Crippen LogP contribution in [0, 0.1) is 11.6 Å². The van der Waals surface area contributed by atoms with Crippen LogP contribution in [-0.4, -0.2) is 9.78 Å². The zero-order valence-corrected chi connectivity index (χ0v) is 8.17. The molecule has 2 N–H and O–H groups in total. The molecular formula is C9H6ClF2N3. The number of nitrogens with two attached hydrogens (primary N) is 1. The first-order valence-corrected chi connectivity index (χ1v) is 4.41.